The number of ether oxygens (including phenoxy) is 3. The molecule has 6 nitrogen and oxygen atoms in total. The fraction of sp³-hybridized carbons (Fsp3) is 0.773. The Morgan fingerprint density at radius 2 is 0.481 bits per heavy atom. The van der Waals surface area contributed by atoms with Crippen LogP contribution in [0.25, 0.3) is 0 Å². The normalized spacial score (nSPS) is 12.6. The lowest BCUT2D eigenvalue weighted by Gasteiger charge is -2.18. The van der Waals surface area contributed by atoms with E-state index in [-0.39, 0.29) is 31.1 Å². The molecule has 0 amide bonds. The molecule has 6 heteroatoms. The Labute approximate surface area is 503 Å². The Morgan fingerprint density at radius 3 is 0.753 bits per heavy atom. The molecule has 468 valence electrons. The van der Waals surface area contributed by atoms with Gasteiger partial charge >= 0.3 is 17.9 Å². The van der Waals surface area contributed by atoms with Gasteiger partial charge in [-0.2, -0.15) is 0 Å². The van der Waals surface area contributed by atoms with Crippen LogP contribution in [0.15, 0.2) is 85.1 Å². The monoisotopic (exact) mass is 1130 g/mol. The van der Waals surface area contributed by atoms with Crippen LogP contribution in [0.2, 0.25) is 0 Å². The minimum atomic E-state index is -0.780. The highest BCUT2D eigenvalue weighted by molar-refractivity contribution is 5.71. The third-order valence-electron chi connectivity index (χ3n) is 15.4. The Balaban J connectivity index is 4.21. The van der Waals surface area contributed by atoms with E-state index in [9.17, 15) is 14.4 Å². The van der Waals surface area contributed by atoms with E-state index in [2.05, 4.69) is 106 Å². The van der Waals surface area contributed by atoms with E-state index in [0.29, 0.717) is 19.3 Å². The topological polar surface area (TPSA) is 78.9 Å². The number of hydrogen-bond acceptors (Lipinski definition) is 6. The average molecular weight is 1130 g/mol. The third kappa shape index (κ3) is 67.3. The summed E-state index contributed by atoms with van der Waals surface area (Å²) in [6, 6.07) is 0. The van der Waals surface area contributed by atoms with Crippen molar-refractivity contribution >= 4 is 17.9 Å². The van der Waals surface area contributed by atoms with Crippen LogP contribution < -0.4 is 0 Å². The molecular formula is C75H132O6. The zero-order valence-electron chi connectivity index (χ0n) is 53.8. The van der Waals surface area contributed by atoms with Gasteiger partial charge in [-0.1, -0.05) is 331 Å². The summed E-state index contributed by atoms with van der Waals surface area (Å²) in [5, 5.41) is 0. The second kappa shape index (κ2) is 69.1. The molecule has 0 heterocycles. The molecule has 0 aromatic carbocycles. The first-order valence-corrected chi connectivity index (χ1v) is 35.1. The molecule has 0 saturated heterocycles. The number of allylic oxidation sites excluding steroid dienone is 14. The maximum absolute atomic E-state index is 12.9. The van der Waals surface area contributed by atoms with Crippen molar-refractivity contribution in [2.75, 3.05) is 13.2 Å². The predicted octanol–water partition coefficient (Wildman–Crippen LogP) is 24.2. The van der Waals surface area contributed by atoms with Gasteiger partial charge in [0.15, 0.2) is 6.10 Å². The summed E-state index contributed by atoms with van der Waals surface area (Å²) in [4.78, 5) is 38.4. The van der Waals surface area contributed by atoms with Gasteiger partial charge in [-0.3, -0.25) is 14.4 Å². The van der Waals surface area contributed by atoms with Gasteiger partial charge in [-0.05, 0) is 89.9 Å². The van der Waals surface area contributed by atoms with Gasteiger partial charge in [-0.15, -0.1) is 0 Å². The second-order valence-electron chi connectivity index (χ2n) is 23.4. The fourth-order valence-corrected chi connectivity index (χ4v) is 10.2. The zero-order chi connectivity index (χ0) is 58.5. The largest absolute Gasteiger partial charge is 0.462 e. The van der Waals surface area contributed by atoms with Gasteiger partial charge < -0.3 is 14.2 Å². The van der Waals surface area contributed by atoms with Crippen molar-refractivity contribution in [2.45, 2.75) is 361 Å². The summed E-state index contributed by atoms with van der Waals surface area (Å²) in [5.41, 5.74) is 0. The van der Waals surface area contributed by atoms with E-state index in [4.69, 9.17) is 14.2 Å². The van der Waals surface area contributed by atoms with E-state index < -0.39 is 6.10 Å². The van der Waals surface area contributed by atoms with Gasteiger partial charge in [0.2, 0.25) is 0 Å². The Bertz CT molecular complexity index is 1530. The molecule has 0 spiro atoms. The molecule has 0 radical (unpaired) electrons. The van der Waals surface area contributed by atoms with Gasteiger partial charge in [0.25, 0.3) is 0 Å². The highest BCUT2D eigenvalue weighted by atomic mass is 16.6. The first-order chi connectivity index (χ1) is 40.0. The number of carbonyl (C=O) groups excluding carboxylic acids is 3. The molecule has 0 N–H and O–H groups in total. The standard InChI is InChI=1S/C75H132O6/c1-4-7-10-13-16-19-22-25-28-30-31-32-33-34-35-36-37-38-39-40-41-42-43-45-47-50-53-56-59-62-65-68-74(77)80-71-72(70-79-73(76)67-64-61-58-55-52-49-46-27-24-21-18-15-12-9-6-3)81-75(78)69-66-63-60-57-54-51-48-44-29-26-23-20-17-14-11-8-5-2/h7-8,10-11,16-17,19-20,25-26,28-29,31-32,72H,4-6,9,12-15,18,21-24,27,30,33-71H2,1-3H3/b10-7-,11-8-,19-16-,20-17-,28-25-,29-26-,32-31-. The van der Waals surface area contributed by atoms with Crippen LogP contribution in [-0.2, 0) is 28.6 Å². The lowest BCUT2D eigenvalue weighted by atomic mass is 10.0. The SMILES string of the molecule is CC/C=C\C/C=C\C/C=C\C/C=C\CCCCCCCCCCCCCCCCCCCCC(=O)OCC(COC(=O)CCCCCCCCCCCCCCCCC)OC(=O)CCCCCCCCC/C=C\C/C=C\C/C=C\CC. The second-order valence-corrected chi connectivity index (χ2v) is 23.4. The van der Waals surface area contributed by atoms with Gasteiger partial charge in [0.05, 0.1) is 0 Å². The van der Waals surface area contributed by atoms with Crippen LogP contribution in [0.4, 0.5) is 0 Å². The molecule has 1 unspecified atom stereocenters. The Hall–Kier alpha value is -3.41. The van der Waals surface area contributed by atoms with Crippen LogP contribution in [-0.4, -0.2) is 37.2 Å². The molecular weight excluding hydrogens is 997 g/mol. The van der Waals surface area contributed by atoms with E-state index in [1.54, 1.807) is 0 Å². The molecule has 0 aliphatic rings. The smallest absolute Gasteiger partial charge is 0.306 e. The summed E-state index contributed by atoms with van der Waals surface area (Å²) >= 11 is 0. The lowest BCUT2D eigenvalue weighted by Crippen LogP contribution is -2.30. The Morgan fingerprint density at radius 1 is 0.259 bits per heavy atom. The quantitative estimate of drug-likeness (QED) is 0.0261. The Kier molecular flexibility index (Phi) is 66.2. The lowest BCUT2D eigenvalue weighted by molar-refractivity contribution is -0.167. The molecule has 0 aliphatic carbocycles. The van der Waals surface area contributed by atoms with Crippen molar-refractivity contribution in [1.29, 1.82) is 0 Å². The van der Waals surface area contributed by atoms with Gasteiger partial charge in [-0.25, -0.2) is 0 Å². The van der Waals surface area contributed by atoms with Gasteiger partial charge in [0.1, 0.15) is 13.2 Å². The van der Waals surface area contributed by atoms with Crippen molar-refractivity contribution in [1.82, 2.24) is 0 Å². The zero-order valence-corrected chi connectivity index (χ0v) is 53.8. The van der Waals surface area contributed by atoms with Crippen LogP contribution in [0.5, 0.6) is 0 Å². The number of esters is 3. The molecule has 0 bridgehead atoms. The predicted molar refractivity (Wildman–Crippen MR) is 353 cm³/mol. The molecule has 81 heavy (non-hydrogen) atoms. The highest BCUT2D eigenvalue weighted by Gasteiger charge is 2.19. The van der Waals surface area contributed by atoms with Crippen molar-refractivity contribution < 1.29 is 28.6 Å². The highest BCUT2D eigenvalue weighted by Crippen LogP contribution is 2.18. The average Bonchev–Trinajstić information content (AvgIpc) is 3.47. The van der Waals surface area contributed by atoms with E-state index >= 15 is 0 Å². The third-order valence-corrected chi connectivity index (χ3v) is 15.4. The molecule has 0 aromatic rings. The number of unbranched alkanes of at least 4 members (excludes halogenated alkanes) is 39. The summed E-state index contributed by atoms with van der Waals surface area (Å²) in [6.45, 7) is 6.46. The molecule has 0 aliphatic heterocycles. The van der Waals surface area contributed by atoms with E-state index in [1.165, 1.54) is 205 Å². The van der Waals surface area contributed by atoms with Crippen molar-refractivity contribution in [3.05, 3.63) is 85.1 Å². The van der Waals surface area contributed by atoms with E-state index in [0.717, 1.165) is 109 Å². The maximum atomic E-state index is 12.9. The van der Waals surface area contributed by atoms with Crippen LogP contribution in [0.3, 0.4) is 0 Å². The van der Waals surface area contributed by atoms with Crippen LogP contribution in [0, 0.1) is 0 Å². The van der Waals surface area contributed by atoms with Gasteiger partial charge in [0, 0.05) is 19.3 Å². The summed E-state index contributed by atoms with van der Waals surface area (Å²) in [5.74, 6) is -0.863. The first kappa shape index (κ1) is 77.6. The van der Waals surface area contributed by atoms with Crippen LogP contribution >= 0.6 is 0 Å². The number of carbonyl (C=O) groups is 3. The maximum Gasteiger partial charge on any atom is 0.306 e. The minimum absolute atomic E-state index is 0.0750. The van der Waals surface area contributed by atoms with E-state index in [1.807, 2.05) is 0 Å². The molecule has 0 rings (SSSR count). The summed E-state index contributed by atoms with van der Waals surface area (Å²) < 4.78 is 17.0. The van der Waals surface area contributed by atoms with Crippen molar-refractivity contribution in [3.63, 3.8) is 0 Å². The number of hydrogen-bond donors (Lipinski definition) is 0. The first-order valence-electron chi connectivity index (χ1n) is 35.1. The van der Waals surface area contributed by atoms with Crippen molar-refractivity contribution in [2.24, 2.45) is 0 Å². The minimum Gasteiger partial charge on any atom is -0.462 e. The summed E-state index contributed by atoms with van der Waals surface area (Å²) in [6.07, 6.45) is 91.8. The molecule has 0 fully saturated rings. The molecule has 1 atom stereocenters. The number of rotatable bonds is 64. The van der Waals surface area contributed by atoms with Crippen molar-refractivity contribution in [3.8, 4) is 0 Å². The van der Waals surface area contributed by atoms with Crippen LogP contribution in [0.1, 0.15) is 355 Å². The summed E-state index contributed by atoms with van der Waals surface area (Å²) in [7, 11) is 0. The molecule has 0 aromatic heterocycles. The fourth-order valence-electron chi connectivity index (χ4n) is 10.2. The molecule has 0 saturated carbocycles.